The number of anilines is 1. The lowest BCUT2D eigenvalue weighted by atomic mass is 9.98. The van der Waals surface area contributed by atoms with E-state index >= 15 is 0 Å². The Morgan fingerprint density at radius 3 is 2.53 bits per heavy atom. The lowest BCUT2D eigenvalue weighted by Crippen LogP contribution is -2.41. The van der Waals surface area contributed by atoms with Crippen LogP contribution in [0, 0.1) is 52.3 Å². The molecule has 2 saturated carbocycles. The van der Waals surface area contributed by atoms with Crippen LogP contribution >= 0.6 is 0 Å². The lowest BCUT2D eigenvalue weighted by molar-refractivity contribution is -0.132. The Bertz CT molecular complexity index is 2490. The van der Waals surface area contributed by atoms with Crippen LogP contribution in [0.4, 0.5) is 27.8 Å². The fraction of sp³-hybridized carbons (Fsp3) is 0.222. The summed E-state index contributed by atoms with van der Waals surface area (Å²) in [4.78, 5) is 26.3. The topological polar surface area (TPSA) is 156 Å². The molecular formula is C36H26F5N9O3. The van der Waals surface area contributed by atoms with Crippen molar-refractivity contribution >= 4 is 22.9 Å². The molecule has 2 fully saturated rings. The standard InChI is InChI=1S/C36H26F5N9O3/c1-42-35(53)36-13-21(36)30(31(51)32(36)52)49-16-44-29-33(45-27(46-34(29)49)8-5-17-10-24(39)28(41)25(40)11-17)43-14-18-3-2-4-20(9-18)50-15-26(47-48-50)19-6-7-22(37)23(38)12-19/h2-4,6-7,9-12,15-16,21,30-32,51-52H,13-14H2,1H3,(H,42,53)(H,43,45,46)/t21-,30-,31+,32+,36-/m1/s1. The van der Waals surface area contributed by atoms with Gasteiger partial charge in [-0.1, -0.05) is 23.3 Å². The Hall–Kier alpha value is -6.25. The first kappa shape index (κ1) is 33.9. The van der Waals surface area contributed by atoms with E-state index in [1.165, 1.54) is 24.1 Å². The summed E-state index contributed by atoms with van der Waals surface area (Å²) in [5, 5.41) is 36.0. The highest BCUT2D eigenvalue weighted by Gasteiger charge is 2.75. The first-order chi connectivity index (χ1) is 25.5. The number of aliphatic hydroxyl groups is 2. The Balaban J connectivity index is 1.13. The van der Waals surface area contributed by atoms with Crippen LogP contribution in [-0.2, 0) is 11.3 Å². The van der Waals surface area contributed by atoms with Crippen LogP contribution in [0.5, 0.6) is 0 Å². The van der Waals surface area contributed by atoms with Gasteiger partial charge in [-0.25, -0.2) is 41.6 Å². The summed E-state index contributed by atoms with van der Waals surface area (Å²) in [5.41, 5.74) is 1.12. The van der Waals surface area contributed by atoms with Crippen LogP contribution in [0.1, 0.15) is 29.4 Å². The third-order valence-corrected chi connectivity index (χ3v) is 9.71. The number of nitrogens with zero attached hydrogens (tertiary/aromatic N) is 7. The number of imidazole rings is 1. The molecule has 3 aromatic carbocycles. The maximum Gasteiger partial charge on any atom is 0.229 e. The maximum atomic E-state index is 13.9. The van der Waals surface area contributed by atoms with Gasteiger partial charge in [0.05, 0.1) is 35.8 Å². The Labute approximate surface area is 296 Å². The smallest absolute Gasteiger partial charge is 0.229 e. The number of rotatable bonds is 7. The zero-order chi connectivity index (χ0) is 37.2. The third kappa shape index (κ3) is 5.72. The Morgan fingerprint density at radius 1 is 0.981 bits per heavy atom. The highest BCUT2D eigenvalue weighted by Crippen LogP contribution is 2.67. The van der Waals surface area contributed by atoms with Crippen LogP contribution in [0.2, 0.25) is 0 Å². The molecule has 0 radical (unpaired) electrons. The predicted molar refractivity (Wildman–Crippen MR) is 177 cm³/mol. The van der Waals surface area contributed by atoms with Gasteiger partial charge in [-0.05, 0) is 60.4 Å². The van der Waals surface area contributed by atoms with Crippen molar-refractivity contribution in [3.05, 3.63) is 113 Å². The van der Waals surface area contributed by atoms with Crippen LogP contribution < -0.4 is 10.6 Å². The number of fused-ring (bicyclic) bond motifs is 2. The lowest BCUT2D eigenvalue weighted by Gasteiger charge is -2.23. The summed E-state index contributed by atoms with van der Waals surface area (Å²) in [7, 11) is 1.45. The predicted octanol–water partition coefficient (Wildman–Crippen LogP) is 3.81. The largest absolute Gasteiger partial charge is 0.389 e. The van der Waals surface area contributed by atoms with E-state index in [0.717, 1.165) is 29.8 Å². The van der Waals surface area contributed by atoms with Crippen molar-refractivity contribution in [3.63, 3.8) is 0 Å². The molecule has 2 aliphatic carbocycles. The van der Waals surface area contributed by atoms with Crippen LogP contribution in [-0.4, -0.2) is 69.9 Å². The van der Waals surface area contributed by atoms with E-state index in [2.05, 4.69) is 47.7 Å². The fourth-order valence-electron chi connectivity index (χ4n) is 7.03. The number of carbonyl (C=O) groups excluding carboxylic acids is 1. The van der Waals surface area contributed by atoms with E-state index in [1.807, 2.05) is 6.07 Å². The van der Waals surface area contributed by atoms with Gasteiger partial charge in [-0.2, -0.15) is 0 Å². The number of aromatic nitrogens is 7. The minimum atomic E-state index is -1.63. The Kier molecular flexibility index (Phi) is 8.15. The van der Waals surface area contributed by atoms with Crippen molar-refractivity contribution < 1.29 is 37.0 Å². The first-order valence-corrected chi connectivity index (χ1v) is 16.2. The quantitative estimate of drug-likeness (QED) is 0.109. The van der Waals surface area contributed by atoms with E-state index < -0.39 is 64.6 Å². The number of nitrogens with one attached hydrogen (secondary N) is 2. The van der Waals surface area contributed by atoms with Gasteiger partial charge in [0.15, 0.2) is 46.1 Å². The first-order valence-electron chi connectivity index (χ1n) is 16.2. The van der Waals surface area contributed by atoms with Crippen molar-refractivity contribution in [2.45, 2.75) is 31.2 Å². The summed E-state index contributed by atoms with van der Waals surface area (Å²) in [6.07, 6.45) is 0.626. The number of hydrogen-bond donors (Lipinski definition) is 4. The van der Waals surface area contributed by atoms with E-state index in [1.54, 1.807) is 29.0 Å². The van der Waals surface area contributed by atoms with Crippen molar-refractivity contribution in [1.82, 2.24) is 39.8 Å². The van der Waals surface area contributed by atoms with Crippen molar-refractivity contribution in [3.8, 4) is 28.8 Å². The van der Waals surface area contributed by atoms with Gasteiger partial charge in [0.1, 0.15) is 11.8 Å². The molecule has 0 bridgehead atoms. The summed E-state index contributed by atoms with van der Waals surface area (Å²) in [6, 6.07) is 11.3. The molecule has 0 unspecified atom stereocenters. The molecule has 17 heteroatoms. The fourth-order valence-corrected chi connectivity index (χ4v) is 7.03. The summed E-state index contributed by atoms with van der Waals surface area (Å²) in [5.74, 6) is -2.00. The van der Waals surface area contributed by atoms with Gasteiger partial charge in [-0.3, -0.25) is 4.79 Å². The molecule has 0 aliphatic heterocycles. The molecule has 5 atom stereocenters. The van der Waals surface area contributed by atoms with Gasteiger partial charge < -0.3 is 25.4 Å². The third-order valence-electron chi connectivity index (χ3n) is 9.71. The van der Waals surface area contributed by atoms with Gasteiger partial charge in [-0.15, -0.1) is 5.10 Å². The van der Waals surface area contributed by atoms with Crippen LogP contribution in [0.15, 0.2) is 67.1 Å². The summed E-state index contributed by atoms with van der Waals surface area (Å²) >= 11 is 0. The molecule has 268 valence electrons. The number of halogens is 5. The number of carbonyl (C=O) groups is 1. The summed E-state index contributed by atoms with van der Waals surface area (Å²) < 4.78 is 71.6. The molecule has 53 heavy (non-hydrogen) atoms. The molecular weight excluding hydrogens is 701 g/mol. The summed E-state index contributed by atoms with van der Waals surface area (Å²) in [6.45, 7) is 0.173. The number of benzene rings is 3. The SMILES string of the molecule is CNC(=O)[C@]12C[C@@H]1[C@@H](n1cnc3c(NCc4cccc(-n5cc(-c6ccc(F)c(F)c6)nn5)c4)nc(C#Cc4cc(F)c(F)c(F)c4)nc31)[C@H](O)[C@@H]2O. The van der Waals surface area contributed by atoms with E-state index in [4.69, 9.17) is 0 Å². The number of amides is 1. The second kappa shape index (κ2) is 12.8. The highest BCUT2D eigenvalue weighted by molar-refractivity contribution is 5.88. The normalized spacial score (nSPS) is 21.6. The van der Waals surface area contributed by atoms with Crippen LogP contribution in [0.3, 0.4) is 0 Å². The average Bonchev–Trinajstić information content (AvgIpc) is 3.39. The van der Waals surface area contributed by atoms with Crippen molar-refractivity contribution in [2.24, 2.45) is 11.3 Å². The molecule has 6 aromatic rings. The molecule has 12 nitrogen and oxygen atoms in total. The molecule has 4 N–H and O–H groups in total. The molecule has 2 aliphatic rings. The maximum absolute atomic E-state index is 13.9. The molecule has 8 rings (SSSR count). The molecule has 0 saturated heterocycles. The minimum absolute atomic E-state index is 0.116. The van der Waals surface area contributed by atoms with E-state index in [9.17, 15) is 37.0 Å². The van der Waals surface area contributed by atoms with Crippen LogP contribution in [0.25, 0.3) is 28.1 Å². The molecule has 3 aromatic heterocycles. The zero-order valence-corrected chi connectivity index (χ0v) is 27.4. The van der Waals surface area contributed by atoms with Gasteiger partial charge >= 0.3 is 0 Å². The second-order valence-electron chi connectivity index (χ2n) is 12.8. The molecule has 1 amide bonds. The second-order valence-corrected chi connectivity index (χ2v) is 12.8. The minimum Gasteiger partial charge on any atom is -0.389 e. The number of hydrogen-bond acceptors (Lipinski definition) is 9. The monoisotopic (exact) mass is 727 g/mol. The van der Waals surface area contributed by atoms with Gasteiger partial charge in [0, 0.05) is 30.6 Å². The molecule has 3 heterocycles. The highest BCUT2D eigenvalue weighted by atomic mass is 19.2. The van der Waals surface area contributed by atoms with Gasteiger partial charge in [0.2, 0.25) is 11.7 Å². The van der Waals surface area contributed by atoms with Crippen molar-refractivity contribution in [2.75, 3.05) is 12.4 Å². The average molecular weight is 728 g/mol. The van der Waals surface area contributed by atoms with E-state index in [0.29, 0.717) is 23.4 Å². The Morgan fingerprint density at radius 2 is 1.77 bits per heavy atom. The zero-order valence-electron chi connectivity index (χ0n) is 27.4. The van der Waals surface area contributed by atoms with Crippen molar-refractivity contribution in [1.29, 1.82) is 0 Å². The molecule has 0 spiro atoms. The number of aliphatic hydroxyl groups excluding tert-OH is 2. The van der Waals surface area contributed by atoms with Gasteiger partial charge in [0.25, 0.3) is 0 Å². The van der Waals surface area contributed by atoms with E-state index in [-0.39, 0.29) is 34.9 Å².